The third kappa shape index (κ3) is 5.10. The lowest BCUT2D eigenvalue weighted by Gasteiger charge is -2.31. The topological polar surface area (TPSA) is 55.1 Å². The number of benzene rings is 1. The van der Waals surface area contributed by atoms with E-state index in [1.807, 2.05) is 6.92 Å². The van der Waals surface area contributed by atoms with E-state index >= 15 is 0 Å². The molecule has 1 unspecified atom stereocenters. The molecule has 1 aromatic rings. The number of hydrogen-bond acceptors (Lipinski definition) is 2. The van der Waals surface area contributed by atoms with Crippen molar-refractivity contribution in [3.63, 3.8) is 0 Å². The summed E-state index contributed by atoms with van der Waals surface area (Å²) in [5, 5.41) is 2.96. The van der Waals surface area contributed by atoms with Crippen molar-refractivity contribution in [3.8, 4) is 0 Å². The number of carbonyl (C=O) groups excluding carboxylic acids is 1. The highest BCUT2D eigenvalue weighted by Crippen LogP contribution is 2.17. The lowest BCUT2D eigenvalue weighted by molar-refractivity contribution is 0.0897. The van der Waals surface area contributed by atoms with Crippen molar-refractivity contribution in [3.05, 3.63) is 35.1 Å². The van der Waals surface area contributed by atoms with Crippen LogP contribution in [0, 0.1) is 18.7 Å². The van der Waals surface area contributed by atoms with E-state index in [1.54, 1.807) is 6.92 Å². The number of carbonyl (C=O) groups is 1. The van der Waals surface area contributed by atoms with Crippen LogP contribution < -0.4 is 11.1 Å². The zero-order chi connectivity index (χ0) is 14.6. The normalized spacial score (nSPS) is 13.6. The largest absolute Gasteiger partial charge is 0.346 e. The van der Waals surface area contributed by atoms with Gasteiger partial charge in [-0.3, -0.25) is 4.79 Å². The highest BCUT2D eigenvalue weighted by molar-refractivity contribution is 5.96. The van der Waals surface area contributed by atoms with Gasteiger partial charge in [-0.2, -0.15) is 0 Å². The molecule has 0 radical (unpaired) electrons. The van der Waals surface area contributed by atoms with Gasteiger partial charge in [0.2, 0.25) is 0 Å². The molecule has 3 nitrogen and oxygen atoms in total. The van der Waals surface area contributed by atoms with Crippen molar-refractivity contribution < 1.29 is 9.18 Å². The van der Waals surface area contributed by atoms with Crippen molar-refractivity contribution in [2.45, 2.75) is 39.7 Å². The first-order valence-electron chi connectivity index (χ1n) is 6.56. The van der Waals surface area contributed by atoms with Crippen LogP contribution in [-0.2, 0) is 0 Å². The van der Waals surface area contributed by atoms with Gasteiger partial charge in [-0.1, -0.05) is 13.8 Å². The van der Waals surface area contributed by atoms with E-state index in [0.29, 0.717) is 23.6 Å². The third-order valence-electron chi connectivity index (χ3n) is 3.16. The number of rotatable bonds is 5. The van der Waals surface area contributed by atoms with Crippen LogP contribution >= 0.6 is 12.4 Å². The highest BCUT2D eigenvalue weighted by Gasteiger charge is 2.26. The summed E-state index contributed by atoms with van der Waals surface area (Å²) in [6.45, 7) is 8.20. The fourth-order valence-corrected chi connectivity index (χ4v) is 2.31. The number of nitrogens with one attached hydrogen (secondary N) is 1. The second kappa shape index (κ2) is 7.60. The zero-order valence-corrected chi connectivity index (χ0v) is 13.3. The van der Waals surface area contributed by atoms with Crippen molar-refractivity contribution in [2.24, 2.45) is 11.7 Å². The number of hydrogen-bond donors (Lipinski definition) is 2. The summed E-state index contributed by atoms with van der Waals surface area (Å²) in [6.07, 6.45) is 0.801. The molecule has 0 aromatic heterocycles. The van der Waals surface area contributed by atoms with Gasteiger partial charge in [0.25, 0.3) is 5.91 Å². The molecule has 0 aliphatic carbocycles. The lowest BCUT2D eigenvalue weighted by atomic mass is 9.90. The van der Waals surface area contributed by atoms with Gasteiger partial charge in [0.05, 0.1) is 0 Å². The van der Waals surface area contributed by atoms with Gasteiger partial charge in [0.1, 0.15) is 5.82 Å². The van der Waals surface area contributed by atoms with E-state index in [-0.39, 0.29) is 24.1 Å². The van der Waals surface area contributed by atoms with Crippen LogP contribution in [0.15, 0.2) is 18.2 Å². The van der Waals surface area contributed by atoms with Crippen LogP contribution in [0.3, 0.4) is 0 Å². The number of aryl methyl sites for hydroxylation is 1. The molecule has 0 spiro atoms. The summed E-state index contributed by atoms with van der Waals surface area (Å²) < 4.78 is 13.0. The number of amides is 1. The summed E-state index contributed by atoms with van der Waals surface area (Å²) >= 11 is 0. The van der Waals surface area contributed by atoms with Crippen molar-refractivity contribution in [1.29, 1.82) is 0 Å². The lowest BCUT2D eigenvalue weighted by Crippen LogP contribution is -2.52. The second-order valence-electron chi connectivity index (χ2n) is 5.78. The Morgan fingerprint density at radius 2 is 2.05 bits per heavy atom. The molecular weight excluding hydrogens is 279 g/mol. The Labute approximate surface area is 126 Å². The average molecular weight is 303 g/mol. The van der Waals surface area contributed by atoms with E-state index in [2.05, 4.69) is 19.2 Å². The van der Waals surface area contributed by atoms with Gasteiger partial charge in [0.15, 0.2) is 0 Å². The fourth-order valence-electron chi connectivity index (χ4n) is 2.31. The molecule has 0 aliphatic heterocycles. The SMILES string of the molecule is Cc1cc(F)ccc1C(=O)NC(C)(CN)CC(C)C.Cl. The Bertz CT molecular complexity index is 465. The molecule has 0 saturated heterocycles. The van der Waals surface area contributed by atoms with Gasteiger partial charge in [0, 0.05) is 17.6 Å². The summed E-state index contributed by atoms with van der Waals surface area (Å²) in [5.74, 6) is -0.105. The predicted octanol–water partition coefficient (Wildman–Crippen LogP) is 3.05. The van der Waals surface area contributed by atoms with Gasteiger partial charge in [-0.05, 0) is 49.9 Å². The van der Waals surface area contributed by atoms with Gasteiger partial charge >= 0.3 is 0 Å². The maximum absolute atomic E-state index is 13.0. The van der Waals surface area contributed by atoms with Crippen LogP contribution in [0.1, 0.15) is 43.1 Å². The quantitative estimate of drug-likeness (QED) is 0.878. The van der Waals surface area contributed by atoms with Crippen LogP contribution in [0.4, 0.5) is 4.39 Å². The number of halogens is 2. The maximum atomic E-state index is 13.0. The minimum atomic E-state index is -0.438. The molecule has 5 heteroatoms. The van der Waals surface area contributed by atoms with Gasteiger partial charge in [-0.25, -0.2) is 4.39 Å². The summed E-state index contributed by atoms with van der Waals surface area (Å²) in [7, 11) is 0. The first kappa shape index (κ1) is 18.9. The van der Waals surface area contributed by atoms with Crippen molar-refractivity contribution >= 4 is 18.3 Å². The van der Waals surface area contributed by atoms with E-state index in [1.165, 1.54) is 18.2 Å². The van der Waals surface area contributed by atoms with Gasteiger partial charge < -0.3 is 11.1 Å². The molecule has 20 heavy (non-hydrogen) atoms. The minimum Gasteiger partial charge on any atom is -0.346 e. The van der Waals surface area contributed by atoms with Crippen molar-refractivity contribution in [1.82, 2.24) is 5.32 Å². The van der Waals surface area contributed by atoms with E-state index in [4.69, 9.17) is 5.73 Å². The highest BCUT2D eigenvalue weighted by atomic mass is 35.5. The Balaban J connectivity index is 0.00000361. The monoisotopic (exact) mass is 302 g/mol. The van der Waals surface area contributed by atoms with E-state index in [0.717, 1.165) is 6.42 Å². The predicted molar refractivity (Wildman–Crippen MR) is 82.8 cm³/mol. The van der Waals surface area contributed by atoms with Gasteiger partial charge in [-0.15, -0.1) is 12.4 Å². The average Bonchev–Trinajstić information content (AvgIpc) is 2.27. The Kier molecular flexibility index (Phi) is 7.17. The van der Waals surface area contributed by atoms with Crippen LogP contribution in [0.25, 0.3) is 0 Å². The first-order chi connectivity index (χ1) is 8.77. The molecule has 0 saturated carbocycles. The molecule has 1 amide bonds. The number of nitrogens with two attached hydrogens (primary N) is 1. The Hall–Kier alpha value is -1.13. The Morgan fingerprint density at radius 1 is 1.45 bits per heavy atom. The molecule has 1 atom stereocenters. The first-order valence-corrected chi connectivity index (χ1v) is 6.56. The third-order valence-corrected chi connectivity index (χ3v) is 3.16. The van der Waals surface area contributed by atoms with E-state index in [9.17, 15) is 9.18 Å². The van der Waals surface area contributed by atoms with Crippen LogP contribution in [0.2, 0.25) is 0 Å². The van der Waals surface area contributed by atoms with Crippen LogP contribution in [-0.4, -0.2) is 18.0 Å². The van der Waals surface area contributed by atoms with Crippen LogP contribution in [0.5, 0.6) is 0 Å². The van der Waals surface area contributed by atoms with Crippen molar-refractivity contribution in [2.75, 3.05) is 6.54 Å². The summed E-state index contributed by atoms with van der Waals surface area (Å²) in [5.41, 5.74) is 6.45. The molecule has 114 valence electrons. The smallest absolute Gasteiger partial charge is 0.252 e. The molecule has 0 aliphatic rings. The molecule has 0 bridgehead atoms. The summed E-state index contributed by atoms with van der Waals surface area (Å²) in [6, 6.07) is 4.16. The standard InChI is InChI=1S/C15H23FN2O.ClH/c1-10(2)8-15(4,9-17)18-14(19)13-6-5-12(16)7-11(13)3;/h5-7,10H,8-9,17H2,1-4H3,(H,18,19);1H. The Morgan fingerprint density at radius 3 is 2.50 bits per heavy atom. The second-order valence-corrected chi connectivity index (χ2v) is 5.78. The van der Waals surface area contributed by atoms with E-state index < -0.39 is 5.54 Å². The maximum Gasteiger partial charge on any atom is 0.252 e. The zero-order valence-electron chi connectivity index (χ0n) is 12.5. The minimum absolute atomic E-state index is 0. The molecule has 3 N–H and O–H groups in total. The molecule has 0 fully saturated rings. The molecule has 1 rings (SSSR count). The fraction of sp³-hybridized carbons (Fsp3) is 0.533. The molecule has 0 heterocycles. The molecule has 1 aromatic carbocycles. The summed E-state index contributed by atoms with van der Waals surface area (Å²) in [4.78, 5) is 12.2. The molecular formula is C15H24ClFN2O.